The van der Waals surface area contributed by atoms with Crippen LogP contribution in [0.1, 0.15) is 11.1 Å². The lowest BCUT2D eigenvalue weighted by atomic mass is 10.2. The minimum atomic E-state index is -0.0709. The number of thioether (sulfide) groups is 1. The molecular formula is C18H15BrClN3O3S. The summed E-state index contributed by atoms with van der Waals surface area (Å²) in [5.74, 6) is 1.41. The van der Waals surface area contributed by atoms with Crippen molar-refractivity contribution in [2.24, 2.45) is 10.2 Å². The molecule has 0 spiro atoms. The van der Waals surface area contributed by atoms with E-state index in [9.17, 15) is 4.79 Å². The number of amides is 1. The molecule has 2 aromatic rings. The maximum Gasteiger partial charge on any atom is 0.236 e. The molecule has 0 aliphatic carbocycles. The number of nitrogens with one attached hydrogen (secondary N) is 1. The molecule has 0 radical (unpaired) electrons. The van der Waals surface area contributed by atoms with Gasteiger partial charge in [0.2, 0.25) is 5.91 Å². The first-order valence-corrected chi connectivity index (χ1v) is 10.00. The summed E-state index contributed by atoms with van der Waals surface area (Å²) in [6.07, 6.45) is 1.57. The molecule has 1 N–H and O–H groups in total. The van der Waals surface area contributed by atoms with E-state index in [0.717, 1.165) is 11.1 Å². The van der Waals surface area contributed by atoms with Crippen LogP contribution in [0.4, 0.5) is 0 Å². The Hall–Kier alpha value is -2.03. The van der Waals surface area contributed by atoms with Crippen LogP contribution in [0.3, 0.4) is 0 Å². The second kappa shape index (κ2) is 9.25. The highest BCUT2D eigenvalue weighted by molar-refractivity contribution is 9.10. The molecule has 0 aromatic heterocycles. The largest absolute Gasteiger partial charge is 0.493 e. The molecule has 0 atom stereocenters. The van der Waals surface area contributed by atoms with Gasteiger partial charge in [-0.2, -0.15) is 5.10 Å². The van der Waals surface area contributed by atoms with Crippen LogP contribution in [-0.2, 0) is 11.4 Å². The van der Waals surface area contributed by atoms with Crippen molar-refractivity contribution in [3.63, 3.8) is 0 Å². The third-order valence-corrected chi connectivity index (χ3v) is 5.34. The van der Waals surface area contributed by atoms with E-state index < -0.39 is 0 Å². The van der Waals surface area contributed by atoms with Gasteiger partial charge in [-0.25, -0.2) is 0 Å². The molecule has 1 heterocycles. The second-order valence-electron chi connectivity index (χ2n) is 5.40. The fourth-order valence-electron chi connectivity index (χ4n) is 2.25. The molecule has 0 saturated carbocycles. The summed E-state index contributed by atoms with van der Waals surface area (Å²) in [7, 11) is 1.57. The van der Waals surface area contributed by atoms with Crippen LogP contribution in [0.2, 0.25) is 5.02 Å². The number of rotatable bonds is 6. The van der Waals surface area contributed by atoms with Gasteiger partial charge >= 0.3 is 0 Å². The van der Waals surface area contributed by atoms with Crippen molar-refractivity contribution in [3.05, 3.63) is 57.0 Å². The van der Waals surface area contributed by atoms with Gasteiger partial charge in [0, 0.05) is 10.6 Å². The zero-order valence-electron chi connectivity index (χ0n) is 14.2. The Kier molecular flexibility index (Phi) is 6.76. The molecule has 6 nitrogen and oxygen atoms in total. The molecular weight excluding hydrogens is 454 g/mol. The van der Waals surface area contributed by atoms with Gasteiger partial charge in [-0.15, -0.1) is 5.10 Å². The molecule has 0 unspecified atom stereocenters. The first kappa shape index (κ1) is 19.7. The van der Waals surface area contributed by atoms with E-state index >= 15 is 0 Å². The number of halogens is 2. The van der Waals surface area contributed by atoms with E-state index in [1.54, 1.807) is 19.4 Å². The SMILES string of the molecule is COc1cc(C=NN=C2NC(=O)CS2)cc(Br)c1OCc1ccccc1Cl. The summed E-state index contributed by atoms with van der Waals surface area (Å²) in [6.45, 7) is 0.312. The average molecular weight is 469 g/mol. The van der Waals surface area contributed by atoms with E-state index in [4.69, 9.17) is 21.1 Å². The number of nitrogens with zero attached hydrogens (tertiary/aromatic N) is 2. The fraction of sp³-hybridized carbons (Fsp3) is 0.167. The van der Waals surface area contributed by atoms with Crippen molar-refractivity contribution in [2.45, 2.75) is 6.61 Å². The van der Waals surface area contributed by atoms with Crippen LogP contribution in [0.15, 0.2) is 51.1 Å². The van der Waals surface area contributed by atoms with Crippen LogP contribution >= 0.6 is 39.3 Å². The molecule has 27 heavy (non-hydrogen) atoms. The minimum absolute atomic E-state index is 0.0709. The Morgan fingerprint density at radius 2 is 2.19 bits per heavy atom. The highest BCUT2D eigenvalue weighted by Gasteiger charge is 2.16. The molecule has 140 valence electrons. The van der Waals surface area contributed by atoms with Crippen molar-refractivity contribution >= 4 is 56.6 Å². The van der Waals surface area contributed by atoms with Crippen LogP contribution in [-0.4, -0.2) is 30.2 Å². The normalized spacial score (nSPS) is 15.4. The summed E-state index contributed by atoms with van der Waals surface area (Å²) in [5.41, 5.74) is 1.65. The van der Waals surface area contributed by atoms with E-state index in [1.807, 2.05) is 30.3 Å². The second-order valence-corrected chi connectivity index (χ2v) is 7.63. The summed E-state index contributed by atoms with van der Waals surface area (Å²) in [5, 5.41) is 11.7. The average Bonchev–Trinajstić information content (AvgIpc) is 3.07. The predicted octanol–water partition coefficient (Wildman–Crippen LogP) is 4.24. The maximum absolute atomic E-state index is 11.1. The van der Waals surface area contributed by atoms with Crippen molar-refractivity contribution in [1.29, 1.82) is 0 Å². The Labute approximate surface area is 174 Å². The minimum Gasteiger partial charge on any atom is -0.493 e. The van der Waals surface area contributed by atoms with Gasteiger partial charge in [0.05, 0.1) is 23.5 Å². The number of hydrogen-bond acceptors (Lipinski definition) is 6. The topological polar surface area (TPSA) is 72.3 Å². The van der Waals surface area contributed by atoms with Crippen molar-refractivity contribution in [1.82, 2.24) is 5.32 Å². The highest BCUT2D eigenvalue weighted by atomic mass is 79.9. The maximum atomic E-state index is 11.1. The summed E-state index contributed by atoms with van der Waals surface area (Å²) < 4.78 is 12.0. The monoisotopic (exact) mass is 467 g/mol. The number of benzene rings is 2. The van der Waals surface area contributed by atoms with E-state index in [0.29, 0.717) is 38.5 Å². The number of methoxy groups -OCH3 is 1. The first-order chi connectivity index (χ1) is 13.1. The molecule has 3 rings (SSSR count). The summed E-state index contributed by atoms with van der Waals surface area (Å²) in [6, 6.07) is 11.1. The van der Waals surface area contributed by atoms with Gasteiger partial charge in [-0.05, 0) is 39.7 Å². The number of ether oxygens (including phenoxy) is 2. The molecule has 1 saturated heterocycles. The quantitative estimate of drug-likeness (QED) is 0.508. The third-order valence-electron chi connectivity index (χ3n) is 3.52. The summed E-state index contributed by atoms with van der Waals surface area (Å²) >= 11 is 11.0. The van der Waals surface area contributed by atoms with Gasteiger partial charge in [0.15, 0.2) is 16.7 Å². The Morgan fingerprint density at radius 1 is 1.37 bits per heavy atom. The molecule has 1 fully saturated rings. The first-order valence-electron chi connectivity index (χ1n) is 7.84. The Bertz CT molecular complexity index is 921. The number of amidine groups is 1. The lowest BCUT2D eigenvalue weighted by Crippen LogP contribution is -2.19. The van der Waals surface area contributed by atoms with Gasteiger partial charge in [-0.1, -0.05) is 41.6 Å². The number of hydrogen-bond donors (Lipinski definition) is 1. The lowest BCUT2D eigenvalue weighted by molar-refractivity contribution is -0.116. The van der Waals surface area contributed by atoms with Crippen molar-refractivity contribution in [2.75, 3.05) is 12.9 Å². The molecule has 9 heteroatoms. The Balaban J connectivity index is 1.75. The third kappa shape index (κ3) is 5.24. The standard InChI is InChI=1S/C18H15BrClN3O3S/c1-25-15-7-11(8-21-23-18-22-16(24)10-27-18)6-13(19)17(15)26-9-12-4-2-3-5-14(12)20/h2-8H,9-10H2,1H3,(H,22,23,24). The Morgan fingerprint density at radius 3 is 2.89 bits per heavy atom. The van der Waals surface area contributed by atoms with Crippen LogP contribution < -0.4 is 14.8 Å². The van der Waals surface area contributed by atoms with Crippen LogP contribution in [0.25, 0.3) is 0 Å². The molecule has 1 aliphatic heterocycles. The van der Waals surface area contributed by atoms with Gasteiger partial charge in [0.1, 0.15) is 6.61 Å². The summed E-state index contributed by atoms with van der Waals surface area (Å²) in [4.78, 5) is 11.1. The zero-order valence-corrected chi connectivity index (χ0v) is 17.4. The van der Waals surface area contributed by atoms with Crippen molar-refractivity contribution in [3.8, 4) is 11.5 Å². The van der Waals surface area contributed by atoms with E-state index in [1.165, 1.54) is 11.8 Å². The lowest BCUT2D eigenvalue weighted by Gasteiger charge is -2.14. The number of carbonyl (C=O) groups excluding carboxylic acids is 1. The molecule has 1 aliphatic rings. The number of carbonyl (C=O) groups is 1. The van der Waals surface area contributed by atoms with Crippen LogP contribution in [0.5, 0.6) is 11.5 Å². The van der Waals surface area contributed by atoms with E-state index in [-0.39, 0.29) is 5.91 Å². The van der Waals surface area contributed by atoms with Gasteiger partial charge < -0.3 is 14.8 Å². The molecule has 0 bridgehead atoms. The van der Waals surface area contributed by atoms with Gasteiger partial charge in [0.25, 0.3) is 0 Å². The smallest absolute Gasteiger partial charge is 0.236 e. The highest BCUT2D eigenvalue weighted by Crippen LogP contribution is 2.37. The fourth-order valence-corrected chi connectivity index (χ4v) is 3.64. The van der Waals surface area contributed by atoms with Gasteiger partial charge in [-0.3, -0.25) is 4.79 Å². The van der Waals surface area contributed by atoms with Crippen LogP contribution in [0, 0.1) is 0 Å². The predicted molar refractivity (Wildman–Crippen MR) is 112 cm³/mol. The molecule has 1 amide bonds. The van der Waals surface area contributed by atoms with Crippen molar-refractivity contribution < 1.29 is 14.3 Å². The zero-order chi connectivity index (χ0) is 19.2. The molecule has 2 aromatic carbocycles. The van der Waals surface area contributed by atoms with E-state index in [2.05, 4.69) is 31.4 Å².